The van der Waals surface area contributed by atoms with Gasteiger partial charge >= 0.3 is 0 Å². The van der Waals surface area contributed by atoms with Gasteiger partial charge in [0.05, 0.1) is 16.8 Å². The number of hydrogen-bond acceptors (Lipinski definition) is 5. The normalized spacial score (nSPS) is 20.8. The van der Waals surface area contributed by atoms with Crippen molar-refractivity contribution >= 4 is 12.4 Å². The maximum atomic E-state index is 6.30. The van der Waals surface area contributed by atoms with Crippen molar-refractivity contribution in [3.8, 4) is 11.5 Å². The third-order valence-corrected chi connectivity index (χ3v) is 5.20. The largest absolute Gasteiger partial charge is 0.334 e. The first-order valence-electron chi connectivity index (χ1n) is 8.33. The predicted octanol–water partition coefficient (Wildman–Crippen LogP) is 3.28. The minimum atomic E-state index is -0.380. The zero-order chi connectivity index (χ0) is 15.2. The van der Waals surface area contributed by atoms with Gasteiger partial charge in [-0.05, 0) is 32.1 Å². The molecular weight excluding hydrogens is 314 g/mol. The van der Waals surface area contributed by atoms with Crippen LogP contribution in [0.1, 0.15) is 68.8 Å². The molecule has 7 heteroatoms. The molecule has 0 unspecified atom stereocenters. The Bertz CT molecular complexity index is 670. The number of nitrogens with two attached hydrogens (primary N) is 1. The van der Waals surface area contributed by atoms with E-state index < -0.39 is 0 Å². The maximum Gasteiger partial charge on any atom is 0.261 e. The van der Waals surface area contributed by atoms with E-state index in [0.29, 0.717) is 17.6 Å². The van der Waals surface area contributed by atoms with Crippen LogP contribution >= 0.6 is 12.4 Å². The summed E-state index contributed by atoms with van der Waals surface area (Å²) in [6.07, 6.45) is 11.3. The average Bonchev–Trinajstić information content (AvgIpc) is 3.12. The molecule has 0 atom stereocenters. The van der Waals surface area contributed by atoms with Gasteiger partial charge < -0.3 is 10.3 Å². The summed E-state index contributed by atoms with van der Waals surface area (Å²) >= 11 is 0. The molecule has 6 nitrogen and oxygen atoms in total. The quantitative estimate of drug-likeness (QED) is 0.929. The fourth-order valence-corrected chi connectivity index (χ4v) is 3.66. The van der Waals surface area contributed by atoms with Crippen LogP contribution in [-0.2, 0) is 12.6 Å². The van der Waals surface area contributed by atoms with Crippen molar-refractivity contribution in [1.82, 2.24) is 19.9 Å². The average molecular weight is 338 g/mol. The van der Waals surface area contributed by atoms with E-state index >= 15 is 0 Å². The number of nitrogens with zero attached hydrogens (tertiary/aromatic N) is 4. The van der Waals surface area contributed by atoms with Crippen LogP contribution in [0.25, 0.3) is 11.5 Å². The lowest BCUT2D eigenvalue weighted by molar-refractivity contribution is 0.229. The van der Waals surface area contributed by atoms with E-state index in [9.17, 15) is 0 Å². The SMILES string of the molecule is Cl.Cn1cc(-c2nc(C3(N)CCC3)no2)c(C2CCCCC2)n1. The van der Waals surface area contributed by atoms with Gasteiger partial charge in [0.2, 0.25) is 0 Å². The second-order valence-electron chi connectivity index (χ2n) is 6.87. The Morgan fingerprint density at radius 3 is 2.61 bits per heavy atom. The van der Waals surface area contributed by atoms with Crippen LogP contribution in [0, 0.1) is 0 Å². The summed E-state index contributed by atoms with van der Waals surface area (Å²) in [5, 5.41) is 8.81. The van der Waals surface area contributed by atoms with Gasteiger partial charge in [-0.15, -0.1) is 12.4 Å². The summed E-state index contributed by atoms with van der Waals surface area (Å²) in [5.74, 6) is 1.73. The minimum Gasteiger partial charge on any atom is -0.334 e. The van der Waals surface area contributed by atoms with Crippen LogP contribution in [0.3, 0.4) is 0 Å². The van der Waals surface area contributed by atoms with Gasteiger partial charge in [-0.2, -0.15) is 10.1 Å². The number of aromatic nitrogens is 4. The molecule has 0 saturated heterocycles. The molecule has 0 aliphatic heterocycles. The van der Waals surface area contributed by atoms with E-state index in [4.69, 9.17) is 10.3 Å². The Hall–Kier alpha value is -1.40. The highest BCUT2D eigenvalue weighted by Gasteiger charge is 2.39. The fourth-order valence-electron chi connectivity index (χ4n) is 3.66. The predicted molar refractivity (Wildman–Crippen MR) is 89.3 cm³/mol. The molecule has 0 bridgehead atoms. The summed E-state index contributed by atoms with van der Waals surface area (Å²) < 4.78 is 7.38. The first-order chi connectivity index (χ1) is 10.7. The van der Waals surface area contributed by atoms with Crippen molar-refractivity contribution in [3.63, 3.8) is 0 Å². The van der Waals surface area contributed by atoms with E-state index in [1.165, 1.54) is 32.1 Å². The lowest BCUT2D eigenvalue weighted by Crippen LogP contribution is -2.44. The van der Waals surface area contributed by atoms with E-state index in [0.717, 1.165) is 30.5 Å². The third kappa shape index (κ3) is 2.90. The highest BCUT2D eigenvalue weighted by Crippen LogP contribution is 2.40. The summed E-state index contributed by atoms with van der Waals surface area (Å²) in [6.45, 7) is 0. The molecule has 2 aliphatic rings. The molecule has 4 rings (SSSR count). The molecule has 2 aromatic heterocycles. The number of rotatable bonds is 3. The van der Waals surface area contributed by atoms with Crippen LogP contribution in [0.4, 0.5) is 0 Å². The van der Waals surface area contributed by atoms with E-state index in [2.05, 4.69) is 15.2 Å². The first kappa shape index (κ1) is 16.5. The number of halogens is 1. The highest BCUT2D eigenvalue weighted by molar-refractivity contribution is 5.85. The Kier molecular flexibility index (Phi) is 4.47. The van der Waals surface area contributed by atoms with Crippen LogP contribution in [0.15, 0.2) is 10.7 Å². The van der Waals surface area contributed by atoms with E-state index in [1.807, 2.05) is 17.9 Å². The van der Waals surface area contributed by atoms with Crippen LogP contribution in [0.5, 0.6) is 0 Å². The molecule has 23 heavy (non-hydrogen) atoms. The van der Waals surface area contributed by atoms with Crippen molar-refractivity contribution in [2.24, 2.45) is 12.8 Å². The number of hydrogen-bond donors (Lipinski definition) is 1. The molecule has 2 aliphatic carbocycles. The Labute approximate surface area is 142 Å². The van der Waals surface area contributed by atoms with Crippen molar-refractivity contribution in [1.29, 1.82) is 0 Å². The van der Waals surface area contributed by atoms with Gasteiger partial charge in [0.25, 0.3) is 5.89 Å². The summed E-state index contributed by atoms with van der Waals surface area (Å²) in [4.78, 5) is 4.59. The Balaban J connectivity index is 0.00000156. The summed E-state index contributed by atoms with van der Waals surface area (Å²) in [7, 11) is 1.95. The van der Waals surface area contributed by atoms with E-state index in [1.54, 1.807) is 0 Å². The monoisotopic (exact) mass is 337 g/mol. The highest BCUT2D eigenvalue weighted by atomic mass is 35.5. The van der Waals surface area contributed by atoms with Crippen LogP contribution < -0.4 is 5.73 Å². The topological polar surface area (TPSA) is 82.8 Å². The van der Waals surface area contributed by atoms with E-state index in [-0.39, 0.29) is 17.9 Å². The second-order valence-corrected chi connectivity index (χ2v) is 6.87. The molecule has 2 heterocycles. The third-order valence-electron chi connectivity index (χ3n) is 5.20. The molecule has 126 valence electrons. The minimum absolute atomic E-state index is 0. The van der Waals surface area contributed by atoms with Gasteiger partial charge in [0, 0.05) is 19.2 Å². The summed E-state index contributed by atoms with van der Waals surface area (Å²) in [6, 6.07) is 0. The van der Waals surface area contributed by atoms with Crippen LogP contribution in [-0.4, -0.2) is 19.9 Å². The number of aryl methyl sites for hydroxylation is 1. The Morgan fingerprint density at radius 2 is 1.96 bits per heavy atom. The molecular formula is C16H24ClN5O. The smallest absolute Gasteiger partial charge is 0.261 e. The second kappa shape index (κ2) is 6.24. The molecule has 0 amide bonds. The van der Waals surface area contributed by atoms with Crippen molar-refractivity contribution in [2.45, 2.75) is 62.8 Å². The van der Waals surface area contributed by atoms with Crippen LogP contribution in [0.2, 0.25) is 0 Å². The molecule has 2 N–H and O–H groups in total. The summed E-state index contributed by atoms with van der Waals surface area (Å²) in [5.41, 5.74) is 8.01. The molecule has 2 aromatic rings. The fraction of sp³-hybridized carbons (Fsp3) is 0.688. The lowest BCUT2D eigenvalue weighted by Gasteiger charge is -2.34. The maximum absolute atomic E-state index is 6.30. The Morgan fingerprint density at radius 1 is 1.22 bits per heavy atom. The van der Waals surface area contributed by atoms with Gasteiger partial charge in [0.15, 0.2) is 5.82 Å². The molecule has 0 spiro atoms. The first-order valence-corrected chi connectivity index (χ1v) is 8.33. The molecule has 0 radical (unpaired) electrons. The van der Waals surface area contributed by atoms with Gasteiger partial charge in [-0.1, -0.05) is 24.4 Å². The molecule has 0 aromatic carbocycles. The standard InChI is InChI=1S/C16H23N5O.ClH/c1-21-10-12(13(19-21)11-6-3-2-4-7-11)14-18-15(20-22-14)16(17)8-5-9-16;/h10-11H,2-9,17H2,1H3;1H. The van der Waals surface area contributed by atoms with Gasteiger partial charge in [-0.25, -0.2) is 0 Å². The van der Waals surface area contributed by atoms with Crippen molar-refractivity contribution < 1.29 is 4.52 Å². The van der Waals surface area contributed by atoms with Gasteiger partial charge in [0.1, 0.15) is 0 Å². The zero-order valence-electron chi connectivity index (χ0n) is 13.5. The van der Waals surface area contributed by atoms with Crippen molar-refractivity contribution in [2.75, 3.05) is 0 Å². The molecule has 2 fully saturated rings. The van der Waals surface area contributed by atoms with Crippen molar-refractivity contribution in [3.05, 3.63) is 17.7 Å². The zero-order valence-corrected chi connectivity index (χ0v) is 14.3. The lowest BCUT2D eigenvalue weighted by atomic mass is 9.77. The molecule has 2 saturated carbocycles. The van der Waals surface area contributed by atoms with Gasteiger partial charge in [-0.3, -0.25) is 4.68 Å².